The molecule has 2 N–H and O–H groups in total. The molecule has 0 radical (unpaired) electrons. The predicted octanol–water partition coefficient (Wildman–Crippen LogP) is 4.65. The van der Waals surface area contributed by atoms with Crippen molar-refractivity contribution in [1.82, 2.24) is 35.4 Å². The number of aromatic amines is 1. The van der Waals surface area contributed by atoms with E-state index in [0.717, 1.165) is 37.9 Å². The number of H-pyrrole nitrogens is 1. The Labute approximate surface area is 235 Å². The van der Waals surface area contributed by atoms with Gasteiger partial charge in [-0.15, -0.1) is 0 Å². The Morgan fingerprint density at radius 1 is 1.15 bits per heavy atom. The van der Waals surface area contributed by atoms with Crippen molar-refractivity contribution in [3.63, 3.8) is 0 Å². The van der Waals surface area contributed by atoms with Crippen LogP contribution in [0.25, 0.3) is 33.1 Å². The van der Waals surface area contributed by atoms with Gasteiger partial charge < -0.3 is 15.0 Å². The minimum Gasteiger partial charge on any atom is -0.461 e. The smallest absolute Gasteiger partial charge is 0.319 e. The highest BCUT2D eigenvalue weighted by atomic mass is 19.3. The largest absolute Gasteiger partial charge is 0.461 e. The molecule has 7 rings (SSSR count). The topological polar surface area (TPSA) is 95.1 Å². The van der Waals surface area contributed by atoms with Crippen LogP contribution < -0.4 is 15.0 Å². The number of nitrogens with zero attached hydrogens (tertiary/aromatic N) is 6. The Morgan fingerprint density at radius 2 is 2.05 bits per heavy atom. The maximum Gasteiger partial charge on any atom is 0.319 e. The van der Waals surface area contributed by atoms with Crippen molar-refractivity contribution in [3.05, 3.63) is 36.2 Å². The Balaban J connectivity index is 1.37. The fourth-order valence-corrected chi connectivity index (χ4v) is 6.91. The van der Waals surface area contributed by atoms with Gasteiger partial charge in [0.25, 0.3) is 6.43 Å². The van der Waals surface area contributed by atoms with Gasteiger partial charge in [-0.1, -0.05) is 19.1 Å². The van der Waals surface area contributed by atoms with Crippen molar-refractivity contribution in [2.75, 3.05) is 44.2 Å². The molecule has 4 aromatic rings. The van der Waals surface area contributed by atoms with E-state index in [9.17, 15) is 4.39 Å². The second-order valence-electron chi connectivity index (χ2n) is 11.4. The highest BCUT2D eigenvalue weighted by Gasteiger charge is 2.49. The average molecular weight is 567 g/mol. The fraction of sp³-hybridized carbons (Fsp3) is 0.517. The molecule has 3 aliphatic heterocycles. The van der Waals surface area contributed by atoms with E-state index in [1.54, 1.807) is 24.5 Å². The molecule has 9 nitrogen and oxygen atoms in total. The van der Waals surface area contributed by atoms with Crippen LogP contribution in [0.5, 0.6) is 6.01 Å². The lowest BCUT2D eigenvalue weighted by Gasteiger charge is -2.35. The van der Waals surface area contributed by atoms with Crippen LogP contribution in [0.4, 0.5) is 19.0 Å². The van der Waals surface area contributed by atoms with Gasteiger partial charge in [0.15, 0.2) is 0 Å². The molecule has 3 atom stereocenters. The molecular formula is C29H33F3N8O. The Morgan fingerprint density at radius 3 is 2.90 bits per heavy atom. The Kier molecular flexibility index (Phi) is 6.69. The summed E-state index contributed by atoms with van der Waals surface area (Å²) in [5, 5.41) is 11.6. The highest BCUT2D eigenvalue weighted by Crippen LogP contribution is 2.42. The van der Waals surface area contributed by atoms with E-state index in [2.05, 4.69) is 42.2 Å². The number of fused-ring (bicyclic) bond motifs is 3. The number of rotatable bonds is 7. The van der Waals surface area contributed by atoms with E-state index in [1.807, 2.05) is 6.07 Å². The number of halogens is 3. The zero-order valence-electron chi connectivity index (χ0n) is 22.9. The van der Waals surface area contributed by atoms with Crippen molar-refractivity contribution in [2.45, 2.75) is 56.8 Å². The second kappa shape index (κ2) is 10.4. The number of benzene rings is 1. The van der Waals surface area contributed by atoms with Crippen molar-refractivity contribution in [3.8, 4) is 17.3 Å². The third kappa shape index (κ3) is 4.57. The van der Waals surface area contributed by atoms with Gasteiger partial charge in [-0.2, -0.15) is 15.1 Å². The molecule has 0 amide bonds. The zero-order valence-corrected chi connectivity index (χ0v) is 22.9. The SMILES string of the molecule is CCC1CN(c2nc(OC[C@@]34CCCN3C[C@H](F)C4)nc3c(C(F)F)c(-c4cccc5[nH]ncc45)ncc23)CCN1. The number of hydrogen-bond acceptors (Lipinski definition) is 8. The first-order valence-corrected chi connectivity index (χ1v) is 14.4. The average Bonchev–Trinajstić information content (AvgIpc) is 3.69. The number of hydrogen-bond donors (Lipinski definition) is 2. The van der Waals surface area contributed by atoms with Gasteiger partial charge in [-0.3, -0.25) is 15.0 Å². The van der Waals surface area contributed by atoms with Gasteiger partial charge >= 0.3 is 6.01 Å². The Hall–Kier alpha value is -3.51. The van der Waals surface area contributed by atoms with Gasteiger partial charge in [-0.05, 0) is 31.9 Å². The van der Waals surface area contributed by atoms with Gasteiger partial charge in [-0.25, -0.2) is 13.2 Å². The number of anilines is 1. The number of nitrogens with one attached hydrogen (secondary N) is 2. The van der Waals surface area contributed by atoms with Crippen LogP contribution in [0.15, 0.2) is 30.6 Å². The fourth-order valence-electron chi connectivity index (χ4n) is 6.91. The predicted molar refractivity (Wildman–Crippen MR) is 150 cm³/mol. The molecule has 3 saturated heterocycles. The molecular weight excluding hydrogens is 533 g/mol. The summed E-state index contributed by atoms with van der Waals surface area (Å²) in [6.45, 7) is 5.62. The summed E-state index contributed by atoms with van der Waals surface area (Å²) in [4.78, 5) is 18.2. The zero-order chi connectivity index (χ0) is 28.1. The van der Waals surface area contributed by atoms with Crippen LogP contribution >= 0.6 is 0 Å². The summed E-state index contributed by atoms with van der Waals surface area (Å²) in [5.41, 5.74) is 0.867. The maximum absolute atomic E-state index is 15.0. The first-order chi connectivity index (χ1) is 20.0. The number of aromatic nitrogens is 5. The lowest BCUT2D eigenvalue weighted by atomic mass is 9.95. The van der Waals surface area contributed by atoms with Crippen molar-refractivity contribution in [1.29, 1.82) is 0 Å². The van der Waals surface area contributed by atoms with Gasteiger partial charge in [0.2, 0.25) is 0 Å². The van der Waals surface area contributed by atoms with Gasteiger partial charge in [0.05, 0.1) is 39.4 Å². The van der Waals surface area contributed by atoms with E-state index >= 15 is 8.78 Å². The van der Waals surface area contributed by atoms with E-state index in [4.69, 9.17) is 9.72 Å². The normalized spacial score (nSPS) is 25.0. The molecule has 41 heavy (non-hydrogen) atoms. The number of ether oxygens (including phenoxy) is 1. The first kappa shape index (κ1) is 26.4. The summed E-state index contributed by atoms with van der Waals surface area (Å²) < 4.78 is 50.6. The van der Waals surface area contributed by atoms with Crippen molar-refractivity contribution < 1.29 is 17.9 Å². The molecule has 0 spiro atoms. The summed E-state index contributed by atoms with van der Waals surface area (Å²) in [7, 11) is 0. The molecule has 0 bridgehead atoms. The minimum absolute atomic E-state index is 0.0307. The number of pyridine rings is 1. The monoisotopic (exact) mass is 566 g/mol. The lowest BCUT2D eigenvalue weighted by Crippen LogP contribution is -2.50. The molecule has 1 aromatic carbocycles. The summed E-state index contributed by atoms with van der Waals surface area (Å²) in [6, 6.07) is 5.66. The molecule has 6 heterocycles. The molecule has 3 aromatic heterocycles. The van der Waals surface area contributed by atoms with Crippen LogP contribution in [0.1, 0.15) is 44.6 Å². The van der Waals surface area contributed by atoms with E-state index in [1.165, 1.54) is 0 Å². The standard InChI is InChI=1S/C29H33F3N8O/c1-2-18-15-39(10-8-33-18)27-21-12-34-24(19-5-3-6-22-20(19)13-35-38-22)23(26(31)32)25(21)36-28(37-27)41-16-29-7-4-9-40(29)14-17(30)11-29/h3,5-6,12-13,17-18,26,33H,2,4,7-11,14-16H2,1H3,(H,35,38)/t17-,18?,29+/m1/s1. The lowest BCUT2D eigenvalue weighted by molar-refractivity contribution is 0.107. The molecule has 0 saturated carbocycles. The molecule has 3 fully saturated rings. The van der Waals surface area contributed by atoms with E-state index in [0.29, 0.717) is 48.2 Å². The van der Waals surface area contributed by atoms with E-state index in [-0.39, 0.29) is 35.4 Å². The first-order valence-electron chi connectivity index (χ1n) is 14.4. The summed E-state index contributed by atoms with van der Waals surface area (Å²) >= 11 is 0. The van der Waals surface area contributed by atoms with Crippen molar-refractivity contribution in [2.24, 2.45) is 0 Å². The maximum atomic E-state index is 15.0. The second-order valence-corrected chi connectivity index (χ2v) is 11.4. The minimum atomic E-state index is -2.85. The quantitative estimate of drug-likeness (QED) is 0.334. The van der Waals surface area contributed by atoms with Crippen LogP contribution in [-0.2, 0) is 0 Å². The van der Waals surface area contributed by atoms with Crippen LogP contribution in [0, 0.1) is 0 Å². The molecule has 216 valence electrons. The third-order valence-electron chi connectivity index (χ3n) is 8.97. The van der Waals surface area contributed by atoms with Crippen LogP contribution in [-0.4, -0.2) is 87.1 Å². The molecule has 1 unspecified atom stereocenters. The van der Waals surface area contributed by atoms with Crippen LogP contribution in [0.3, 0.4) is 0 Å². The van der Waals surface area contributed by atoms with Gasteiger partial charge in [0, 0.05) is 55.8 Å². The Bertz CT molecular complexity index is 1580. The third-order valence-corrected chi connectivity index (χ3v) is 8.97. The molecule has 3 aliphatic rings. The number of alkyl halides is 3. The van der Waals surface area contributed by atoms with Crippen molar-refractivity contribution >= 4 is 27.6 Å². The summed E-state index contributed by atoms with van der Waals surface area (Å²) in [5.74, 6) is 0.531. The van der Waals surface area contributed by atoms with Gasteiger partial charge in [0.1, 0.15) is 18.6 Å². The molecule has 12 heteroatoms. The van der Waals surface area contributed by atoms with Crippen LogP contribution in [0.2, 0.25) is 0 Å². The van der Waals surface area contributed by atoms with E-state index < -0.39 is 18.1 Å². The summed E-state index contributed by atoms with van der Waals surface area (Å²) in [6.07, 6.45) is 2.58. The highest BCUT2D eigenvalue weighted by molar-refractivity contribution is 5.99. The molecule has 0 aliphatic carbocycles. The number of piperazine rings is 1.